The molecule has 1 unspecified atom stereocenters. The van der Waals surface area contributed by atoms with Gasteiger partial charge in [-0.05, 0) is 39.8 Å². The van der Waals surface area contributed by atoms with E-state index in [1.807, 2.05) is 40.0 Å². The number of anilines is 3. The number of imidazole rings is 1. The molecule has 0 aliphatic carbocycles. The van der Waals surface area contributed by atoms with Crippen LogP contribution in [0.15, 0.2) is 30.0 Å². The van der Waals surface area contributed by atoms with Gasteiger partial charge in [0.15, 0.2) is 0 Å². The lowest BCUT2D eigenvalue weighted by molar-refractivity contribution is 0.00708. The van der Waals surface area contributed by atoms with Crippen molar-refractivity contribution in [1.29, 1.82) is 0 Å². The monoisotopic (exact) mass is 382 g/mol. The van der Waals surface area contributed by atoms with Crippen molar-refractivity contribution in [3.63, 3.8) is 0 Å². The van der Waals surface area contributed by atoms with Gasteiger partial charge in [0.05, 0.1) is 22.6 Å². The molecule has 2 heterocycles. The van der Waals surface area contributed by atoms with Crippen LogP contribution in [0.5, 0.6) is 0 Å². The number of fused-ring (bicyclic) bond motifs is 1. The zero-order valence-corrected chi connectivity index (χ0v) is 17.8. The van der Waals surface area contributed by atoms with Crippen molar-refractivity contribution in [1.82, 2.24) is 9.55 Å². The SMILES string of the molecule is CCc1nc2c(n1C)N(c1cccc(C(=O)OC(C)(C)C)c1N)C(C)=CC2C. The lowest BCUT2D eigenvalue weighted by Gasteiger charge is -2.33. The molecule has 1 aliphatic rings. The zero-order valence-electron chi connectivity index (χ0n) is 17.8. The number of hydrogen-bond donors (Lipinski definition) is 1. The molecule has 6 heteroatoms. The van der Waals surface area contributed by atoms with Crippen molar-refractivity contribution < 1.29 is 9.53 Å². The molecule has 0 radical (unpaired) electrons. The second kappa shape index (κ2) is 7.00. The van der Waals surface area contributed by atoms with Crippen LogP contribution in [0.2, 0.25) is 0 Å². The van der Waals surface area contributed by atoms with E-state index in [0.29, 0.717) is 11.3 Å². The molecule has 1 atom stereocenters. The van der Waals surface area contributed by atoms with Crippen LogP contribution in [-0.4, -0.2) is 21.1 Å². The average molecular weight is 383 g/mol. The fraction of sp³-hybridized carbons (Fsp3) is 0.455. The molecule has 1 aromatic heterocycles. The summed E-state index contributed by atoms with van der Waals surface area (Å²) in [6.07, 6.45) is 3.02. The van der Waals surface area contributed by atoms with Gasteiger partial charge in [-0.1, -0.05) is 26.0 Å². The maximum atomic E-state index is 12.7. The first-order valence-electron chi connectivity index (χ1n) is 9.71. The van der Waals surface area contributed by atoms with Crippen LogP contribution in [0.1, 0.15) is 69.3 Å². The third-order valence-electron chi connectivity index (χ3n) is 4.93. The Bertz CT molecular complexity index is 950. The smallest absolute Gasteiger partial charge is 0.340 e. The minimum Gasteiger partial charge on any atom is -0.456 e. The second-order valence-corrected chi connectivity index (χ2v) is 8.32. The van der Waals surface area contributed by atoms with Gasteiger partial charge in [0.2, 0.25) is 0 Å². The molecule has 6 nitrogen and oxygen atoms in total. The normalized spacial score (nSPS) is 16.6. The zero-order chi connectivity index (χ0) is 20.8. The number of nitrogens with two attached hydrogens (primary N) is 1. The number of allylic oxidation sites excluding steroid dienone is 2. The molecule has 0 amide bonds. The third kappa shape index (κ3) is 3.39. The fourth-order valence-electron chi connectivity index (χ4n) is 3.69. The maximum Gasteiger partial charge on any atom is 0.340 e. The van der Waals surface area contributed by atoms with Crippen molar-refractivity contribution >= 4 is 23.2 Å². The van der Waals surface area contributed by atoms with Crippen LogP contribution < -0.4 is 10.6 Å². The Hall–Kier alpha value is -2.76. The van der Waals surface area contributed by atoms with Crippen molar-refractivity contribution in [2.75, 3.05) is 10.6 Å². The van der Waals surface area contributed by atoms with E-state index in [1.54, 1.807) is 6.07 Å². The lowest BCUT2D eigenvalue weighted by atomic mass is 10.0. The van der Waals surface area contributed by atoms with Crippen molar-refractivity contribution in [2.45, 2.75) is 59.5 Å². The van der Waals surface area contributed by atoms with Crippen LogP contribution in [-0.2, 0) is 18.2 Å². The molecular weight excluding hydrogens is 352 g/mol. The van der Waals surface area contributed by atoms with Crippen LogP contribution >= 0.6 is 0 Å². The van der Waals surface area contributed by atoms with Crippen molar-refractivity contribution in [3.05, 3.63) is 47.1 Å². The van der Waals surface area contributed by atoms with Crippen molar-refractivity contribution in [2.24, 2.45) is 7.05 Å². The number of nitrogens with zero attached hydrogens (tertiary/aromatic N) is 3. The van der Waals surface area contributed by atoms with Crippen LogP contribution in [0.3, 0.4) is 0 Å². The number of esters is 1. The highest BCUT2D eigenvalue weighted by atomic mass is 16.6. The van der Waals surface area contributed by atoms with Crippen LogP contribution in [0.25, 0.3) is 0 Å². The molecular formula is C22H30N4O2. The number of ether oxygens (including phenoxy) is 1. The standard InChI is InChI=1S/C22H30N4O2/c1-8-17-24-19-13(2)12-14(3)26(20(19)25(17)7)16-11-9-10-15(18(16)23)21(27)28-22(4,5)6/h9-13H,8,23H2,1-7H3. The van der Waals surface area contributed by atoms with Gasteiger partial charge >= 0.3 is 5.97 Å². The highest BCUT2D eigenvalue weighted by Crippen LogP contribution is 2.43. The Labute approximate surface area is 167 Å². The topological polar surface area (TPSA) is 73.4 Å². The Kier molecular flexibility index (Phi) is 5.00. The molecule has 1 aliphatic heterocycles. The van der Waals surface area contributed by atoms with Gasteiger partial charge in [0, 0.05) is 25.1 Å². The number of carbonyl (C=O) groups excluding carboxylic acids is 1. The maximum absolute atomic E-state index is 12.7. The van der Waals surface area contributed by atoms with E-state index in [-0.39, 0.29) is 5.92 Å². The number of aryl methyl sites for hydroxylation is 1. The highest BCUT2D eigenvalue weighted by molar-refractivity contribution is 5.99. The van der Waals surface area contributed by atoms with E-state index in [9.17, 15) is 4.79 Å². The van der Waals surface area contributed by atoms with Crippen LogP contribution in [0.4, 0.5) is 17.2 Å². The number of nitrogen functional groups attached to an aromatic ring is 1. The highest BCUT2D eigenvalue weighted by Gasteiger charge is 2.31. The molecule has 3 rings (SSSR count). The number of carbonyl (C=O) groups is 1. The van der Waals surface area contributed by atoms with E-state index in [1.165, 1.54) is 0 Å². The van der Waals surface area contributed by atoms with Gasteiger partial charge < -0.3 is 15.0 Å². The Morgan fingerprint density at radius 3 is 2.61 bits per heavy atom. The number of rotatable bonds is 3. The molecule has 2 N–H and O–H groups in total. The van der Waals surface area contributed by atoms with Crippen molar-refractivity contribution in [3.8, 4) is 0 Å². The van der Waals surface area contributed by atoms with E-state index in [0.717, 1.165) is 35.1 Å². The van der Waals surface area contributed by atoms with Gasteiger partial charge in [-0.15, -0.1) is 0 Å². The summed E-state index contributed by atoms with van der Waals surface area (Å²) >= 11 is 0. The van der Waals surface area contributed by atoms with E-state index >= 15 is 0 Å². The van der Waals surface area contributed by atoms with E-state index < -0.39 is 11.6 Å². The van der Waals surface area contributed by atoms with Gasteiger partial charge in [-0.2, -0.15) is 0 Å². The van der Waals surface area contributed by atoms with Gasteiger partial charge in [-0.3, -0.25) is 4.90 Å². The Balaban J connectivity index is 2.14. The summed E-state index contributed by atoms with van der Waals surface area (Å²) in [5, 5.41) is 0. The van der Waals surface area contributed by atoms with Gasteiger partial charge in [-0.25, -0.2) is 9.78 Å². The summed E-state index contributed by atoms with van der Waals surface area (Å²) < 4.78 is 7.65. The molecule has 28 heavy (non-hydrogen) atoms. The van der Waals surface area contributed by atoms with E-state index in [4.69, 9.17) is 15.5 Å². The average Bonchev–Trinajstić information content (AvgIpc) is 2.92. The summed E-state index contributed by atoms with van der Waals surface area (Å²) in [5.41, 5.74) is 9.51. The largest absolute Gasteiger partial charge is 0.456 e. The first-order chi connectivity index (χ1) is 13.0. The first-order valence-corrected chi connectivity index (χ1v) is 9.71. The van der Waals surface area contributed by atoms with Gasteiger partial charge in [0.1, 0.15) is 17.2 Å². The molecule has 0 saturated heterocycles. The van der Waals surface area contributed by atoms with Crippen LogP contribution in [0, 0.1) is 0 Å². The number of aromatic nitrogens is 2. The minimum atomic E-state index is -0.582. The Morgan fingerprint density at radius 2 is 2.00 bits per heavy atom. The summed E-state index contributed by atoms with van der Waals surface area (Å²) in [6.45, 7) is 11.8. The van der Waals surface area contributed by atoms with E-state index in [2.05, 4.69) is 36.3 Å². The lowest BCUT2D eigenvalue weighted by Crippen LogP contribution is -2.26. The summed E-state index contributed by atoms with van der Waals surface area (Å²) in [5.74, 6) is 1.82. The van der Waals surface area contributed by atoms with Gasteiger partial charge in [0.25, 0.3) is 0 Å². The first kappa shape index (κ1) is 20.0. The molecule has 0 spiro atoms. The number of hydrogen-bond acceptors (Lipinski definition) is 5. The quantitative estimate of drug-likeness (QED) is 0.616. The molecule has 150 valence electrons. The summed E-state index contributed by atoms with van der Waals surface area (Å²) in [7, 11) is 2.02. The molecule has 0 bridgehead atoms. The second-order valence-electron chi connectivity index (χ2n) is 8.32. The minimum absolute atomic E-state index is 0.216. The summed E-state index contributed by atoms with van der Waals surface area (Å²) in [4.78, 5) is 19.6. The Morgan fingerprint density at radius 1 is 1.32 bits per heavy atom. The molecule has 0 saturated carbocycles. The molecule has 0 fully saturated rings. The predicted octanol–water partition coefficient (Wildman–Crippen LogP) is 4.68. The molecule has 2 aromatic rings. The number of benzene rings is 1. The predicted molar refractivity (Wildman–Crippen MR) is 113 cm³/mol. The fourth-order valence-corrected chi connectivity index (χ4v) is 3.69. The molecule has 1 aromatic carbocycles. The number of para-hydroxylation sites is 1. The summed E-state index contributed by atoms with van der Waals surface area (Å²) in [6, 6.07) is 5.48. The third-order valence-corrected chi connectivity index (χ3v) is 4.93.